The first-order valence-electron chi connectivity index (χ1n) is 10.7. The second kappa shape index (κ2) is 9.67. The molecular formula is C28H32O2. The Morgan fingerprint density at radius 2 is 1.37 bits per heavy atom. The highest BCUT2D eigenvalue weighted by atomic mass is 16.3. The molecule has 156 valence electrons. The van der Waals surface area contributed by atoms with Crippen LogP contribution in [0.3, 0.4) is 0 Å². The number of hydrogen-bond acceptors (Lipinski definition) is 2. The van der Waals surface area contributed by atoms with Crippen LogP contribution in [0.4, 0.5) is 0 Å². The summed E-state index contributed by atoms with van der Waals surface area (Å²) in [5, 5.41) is 20.7. The Hall–Kier alpha value is -3.00. The zero-order chi connectivity index (χ0) is 21.7. The highest BCUT2D eigenvalue weighted by molar-refractivity contribution is 5.71. The van der Waals surface area contributed by atoms with E-state index in [2.05, 4.69) is 49.4 Å². The van der Waals surface area contributed by atoms with Crippen molar-refractivity contribution in [3.05, 3.63) is 94.1 Å². The van der Waals surface area contributed by atoms with E-state index in [1.54, 1.807) is 6.07 Å². The van der Waals surface area contributed by atoms with Crippen LogP contribution in [0.15, 0.2) is 60.7 Å². The molecule has 3 aromatic rings. The van der Waals surface area contributed by atoms with Crippen molar-refractivity contribution in [2.45, 2.75) is 53.4 Å². The monoisotopic (exact) mass is 400 g/mol. The molecule has 0 aliphatic heterocycles. The number of hydrogen-bond donors (Lipinski definition) is 2. The van der Waals surface area contributed by atoms with Gasteiger partial charge in [0.25, 0.3) is 0 Å². The summed E-state index contributed by atoms with van der Waals surface area (Å²) < 4.78 is 0. The van der Waals surface area contributed by atoms with E-state index in [9.17, 15) is 10.2 Å². The molecule has 0 saturated heterocycles. The van der Waals surface area contributed by atoms with E-state index in [0.29, 0.717) is 11.5 Å². The number of benzene rings is 3. The largest absolute Gasteiger partial charge is 0.508 e. The van der Waals surface area contributed by atoms with Gasteiger partial charge in [-0.1, -0.05) is 54.6 Å². The summed E-state index contributed by atoms with van der Waals surface area (Å²) in [6.45, 7) is 8.02. The second-order valence-corrected chi connectivity index (χ2v) is 8.04. The fourth-order valence-corrected chi connectivity index (χ4v) is 3.94. The molecule has 0 aromatic heterocycles. The molecule has 30 heavy (non-hydrogen) atoms. The van der Waals surface area contributed by atoms with Crippen molar-refractivity contribution in [3.63, 3.8) is 0 Å². The summed E-state index contributed by atoms with van der Waals surface area (Å²) in [6.07, 6.45) is 7.98. The summed E-state index contributed by atoms with van der Waals surface area (Å²) >= 11 is 0. The van der Waals surface area contributed by atoms with Gasteiger partial charge in [-0.3, -0.25) is 0 Å². The van der Waals surface area contributed by atoms with Gasteiger partial charge in [0, 0.05) is 0 Å². The van der Waals surface area contributed by atoms with Gasteiger partial charge >= 0.3 is 0 Å². The predicted molar refractivity (Wildman–Crippen MR) is 126 cm³/mol. The number of aromatic hydroxyl groups is 2. The van der Waals surface area contributed by atoms with Crippen LogP contribution in [0, 0.1) is 20.8 Å². The van der Waals surface area contributed by atoms with Crippen LogP contribution in [-0.2, 0) is 19.3 Å². The first kappa shape index (κ1) is 21.7. The Bertz CT molecular complexity index is 1040. The number of phenols is 2. The van der Waals surface area contributed by atoms with Crippen LogP contribution in [0.5, 0.6) is 11.5 Å². The number of phenolic OH excluding ortho intramolecular Hbond substituents is 2. The van der Waals surface area contributed by atoms with Gasteiger partial charge in [-0.05, 0) is 104 Å². The molecule has 0 spiro atoms. The van der Waals surface area contributed by atoms with E-state index in [4.69, 9.17) is 0 Å². The molecule has 3 aromatic carbocycles. The van der Waals surface area contributed by atoms with Crippen molar-refractivity contribution in [2.24, 2.45) is 0 Å². The van der Waals surface area contributed by atoms with Crippen molar-refractivity contribution >= 4 is 0 Å². The Kier molecular flexibility index (Phi) is 6.99. The normalized spacial score (nSPS) is 11.3. The van der Waals surface area contributed by atoms with Crippen molar-refractivity contribution in [3.8, 4) is 22.6 Å². The number of rotatable bonds is 7. The Balaban J connectivity index is 1.76. The van der Waals surface area contributed by atoms with Gasteiger partial charge in [0.2, 0.25) is 0 Å². The van der Waals surface area contributed by atoms with Crippen LogP contribution in [0.2, 0.25) is 0 Å². The quantitative estimate of drug-likeness (QED) is 0.420. The second-order valence-electron chi connectivity index (χ2n) is 8.04. The summed E-state index contributed by atoms with van der Waals surface area (Å²) in [4.78, 5) is 0. The maximum atomic E-state index is 10.8. The van der Waals surface area contributed by atoms with Crippen molar-refractivity contribution < 1.29 is 10.2 Å². The first-order chi connectivity index (χ1) is 14.4. The average Bonchev–Trinajstić information content (AvgIpc) is 2.75. The molecule has 0 fully saturated rings. The molecule has 2 heteroatoms. The summed E-state index contributed by atoms with van der Waals surface area (Å²) in [5.41, 5.74) is 8.68. The van der Waals surface area contributed by atoms with E-state index >= 15 is 0 Å². The third kappa shape index (κ3) is 4.76. The molecule has 0 aliphatic carbocycles. The molecule has 0 bridgehead atoms. The molecule has 0 saturated carbocycles. The SMILES string of the molecule is C/C=C/CCc1ccc(-c2ccc(CCc3ccc(O)c(C)c3C)c(O)c2C)cc1. The molecular weight excluding hydrogens is 368 g/mol. The van der Waals surface area contributed by atoms with E-state index < -0.39 is 0 Å². The summed E-state index contributed by atoms with van der Waals surface area (Å²) in [5.74, 6) is 0.727. The van der Waals surface area contributed by atoms with Crippen molar-refractivity contribution in [1.29, 1.82) is 0 Å². The third-order valence-electron chi connectivity index (χ3n) is 6.15. The zero-order valence-corrected chi connectivity index (χ0v) is 18.5. The number of allylic oxidation sites excluding steroid dienone is 2. The van der Waals surface area contributed by atoms with Gasteiger partial charge in [-0.25, -0.2) is 0 Å². The van der Waals surface area contributed by atoms with Crippen LogP contribution in [0.1, 0.15) is 46.7 Å². The molecule has 0 heterocycles. The minimum atomic E-state index is 0.340. The predicted octanol–water partition coefficient (Wildman–Crippen LogP) is 6.98. The molecule has 2 nitrogen and oxygen atoms in total. The van der Waals surface area contributed by atoms with Gasteiger partial charge in [-0.2, -0.15) is 0 Å². The lowest BCUT2D eigenvalue weighted by Crippen LogP contribution is -1.98. The lowest BCUT2D eigenvalue weighted by Gasteiger charge is -2.14. The third-order valence-corrected chi connectivity index (χ3v) is 6.15. The van der Waals surface area contributed by atoms with Gasteiger partial charge in [0.15, 0.2) is 0 Å². The van der Waals surface area contributed by atoms with Crippen LogP contribution >= 0.6 is 0 Å². The zero-order valence-electron chi connectivity index (χ0n) is 18.5. The standard InChI is InChI=1S/C28H32O2/c1-5-6-7-8-22-9-11-24(12-10-22)26-17-15-25(28(30)21(26)4)14-13-23-16-18-27(29)20(3)19(23)2/h5-6,9-12,15-18,29-30H,7-8,13-14H2,1-4H3/b6-5+. The fraction of sp³-hybridized carbons (Fsp3) is 0.286. The molecule has 0 radical (unpaired) electrons. The maximum Gasteiger partial charge on any atom is 0.122 e. The first-order valence-corrected chi connectivity index (χ1v) is 10.7. The lowest BCUT2D eigenvalue weighted by molar-refractivity contribution is 0.463. The van der Waals surface area contributed by atoms with Crippen LogP contribution < -0.4 is 0 Å². The minimum absolute atomic E-state index is 0.340. The molecule has 0 amide bonds. The molecule has 3 rings (SSSR count). The smallest absolute Gasteiger partial charge is 0.122 e. The van der Waals surface area contributed by atoms with Gasteiger partial charge in [0.1, 0.15) is 11.5 Å². The van der Waals surface area contributed by atoms with E-state index in [0.717, 1.165) is 59.1 Å². The van der Waals surface area contributed by atoms with Crippen molar-refractivity contribution in [2.75, 3.05) is 0 Å². The summed E-state index contributed by atoms with van der Waals surface area (Å²) in [7, 11) is 0. The van der Waals surface area contributed by atoms with Gasteiger partial charge in [-0.15, -0.1) is 0 Å². The number of aryl methyl sites for hydroxylation is 3. The average molecular weight is 401 g/mol. The van der Waals surface area contributed by atoms with Crippen LogP contribution in [0.25, 0.3) is 11.1 Å². The molecule has 2 N–H and O–H groups in total. The topological polar surface area (TPSA) is 40.5 Å². The van der Waals surface area contributed by atoms with E-state index in [1.165, 1.54) is 11.1 Å². The Labute approximate surface area is 180 Å². The Morgan fingerprint density at radius 3 is 2.07 bits per heavy atom. The van der Waals surface area contributed by atoms with E-state index in [-0.39, 0.29) is 0 Å². The maximum absolute atomic E-state index is 10.8. The van der Waals surface area contributed by atoms with Gasteiger partial charge in [0.05, 0.1) is 0 Å². The molecule has 0 unspecified atom stereocenters. The van der Waals surface area contributed by atoms with Crippen LogP contribution in [-0.4, -0.2) is 10.2 Å². The highest BCUT2D eigenvalue weighted by Gasteiger charge is 2.12. The summed E-state index contributed by atoms with van der Waals surface area (Å²) in [6, 6.07) is 16.6. The van der Waals surface area contributed by atoms with Gasteiger partial charge < -0.3 is 10.2 Å². The Morgan fingerprint density at radius 1 is 0.700 bits per heavy atom. The van der Waals surface area contributed by atoms with E-state index in [1.807, 2.05) is 32.9 Å². The molecule has 0 atom stereocenters. The molecule has 0 aliphatic rings. The highest BCUT2D eigenvalue weighted by Crippen LogP contribution is 2.33. The fourth-order valence-electron chi connectivity index (χ4n) is 3.94. The minimum Gasteiger partial charge on any atom is -0.508 e. The lowest BCUT2D eigenvalue weighted by atomic mass is 9.92. The van der Waals surface area contributed by atoms with Crippen molar-refractivity contribution in [1.82, 2.24) is 0 Å².